The number of aromatic nitrogens is 2. The molecule has 0 radical (unpaired) electrons. The maximum Gasteiger partial charge on any atom is 0.249 e. The second-order valence-corrected chi connectivity index (χ2v) is 4.93. The van der Waals surface area contributed by atoms with E-state index in [0.717, 1.165) is 0 Å². The molecule has 0 aliphatic heterocycles. The molecular weight excluding hydrogens is 299 g/mol. The normalized spacial score (nSPS) is 10.7. The monoisotopic (exact) mass is 306 g/mol. The van der Waals surface area contributed by atoms with E-state index in [-0.39, 0.29) is 5.88 Å². The first-order valence-corrected chi connectivity index (χ1v) is 6.49. The number of imidazole rings is 1. The lowest BCUT2D eigenvalue weighted by Gasteiger charge is -2.04. The fourth-order valence-electron chi connectivity index (χ4n) is 1.87. The fraction of sp³-hybridized carbons (Fsp3) is 0. The minimum absolute atomic E-state index is 0.213. The van der Waals surface area contributed by atoms with E-state index in [4.69, 9.17) is 27.9 Å². The average Bonchev–Trinajstić information content (AvgIpc) is 2.74. The van der Waals surface area contributed by atoms with Crippen LogP contribution in [0.2, 0.25) is 10.0 Å². The van der Waals surface area contributed by atoms with Gasteiger partial charge in [-0.1, -0.05) is 29.3 Å². The summed E-state index contributed by atoms with van der Waals surface area (Å²) in [5, 5.41) is 0.896. The summed E-state index contributed by atoms with van der Waals surface area (Å²) in [5.74, 6) is 0.638. The molecule has 0 unspecified atom stereocenters. The van der Waals surface area contributed by atoms with Gasteiger partial charge >= 0.3 is 0 Å². The summed E-state index contributed by atoms with van der Waals surface area (Å²) in [6.07, 6.45) is 2.44. The van der Waals surface area contributed by atoms with Crippen LogP contribution < -0.4 is 4.74 Å². The SMILES string of the molecule is O=Cc1c(Oc2cc(Cl)cc(Cl)c2)nc2ccccn12. The Kier molecular flexibility index (Phi) is 3.34. The summed E-state index contributed by atoms with van der Waals surface area (Å²) in [5.41, 5.74) is 0.953. The Labute approximate surface area is 124 Å². The van der Waals surface area contributed by atoms with E-state index < -0.39 is 0 Å². The number of pyridine rings is 1. The number of halogens is 2. The lowest BCUT2D eigenvalue weighted by atomic mass is 10.3. The third-order valence-corrected chi connectivity index (χ3v) is 3.13. The number of hydrogen-bond donors (Lipinski definition) is 0. The molecule has 0 atom stereocenters. The van der Waals surface area contributed by atoms with Crippen molar-refractivity contribution in [3.05, 3.63) is 58.3 Å². The van der Waals surface area contributed by atoms with E-state index in [0.29, 0.717) is 33.4 Å². The van der Waals surface area contributed by atoms with E-state index in [1.807, 2.05) is 12.1 Å². The van der Waals surface area contributed by atoms with Gasteiger partial charge in [0.25, 0.3) is 0 Å². The summed E-state index contributed by atoms with van der Waals surface area (Å²) in [4.78, 5) is 15.5. The highest BCUT2D eigenvalue weighted by Gasteiger charge is 2.13. The molecule has 0 N–H and O–H groups in total. The predicted molar refractivity (Wildman–Crippen MR) is 77.1 cm³/mol. The fourth-order valence-corrected chi connectivity index (χ4v) is 2.38. The van der Waals surface area contributed by atoms with Gasteiger partial charge in [-0.05, 0) is 30.3 Å². The Balaban J connectivity index is 2.08. The van der Waals surface area contributed by atoms with Gasteiger partial charge in [0.05, 0.1) is 0 Å². The van der Waals surface area contributed by atoms with Crippen molar-refractivity contribution in [1.82, 2.24) is 9.38 Å². The largest absolute Gasteiger partial charge is 0.437 e. The van der Waals surface area contributed by atoms with E-state index in [2.05, 4.69) is 4.98 Å². The predicted octanol–water partition coefficient (Wildman–Crippen LogP) is 4.25. The number of nitrogens with zero attached hydrogens (tertiary/aromatic N) is 2. The van der Waals surface area contributed by atoms with Crippen LogP contribution in [0.5, 0.6) is 11.6 Å². The summed E-state index contributed by atoms with van der Waals surface area (Å²) in [6, 6.07) is 10.2. The van der Waals surface area contributed by atoms with Crippen molar-refractivity contribution >= 4 is 35.1 Å². The van der Waals surface area contributed by atoms with Gasteiger partial charge in [-0.2, -0.15) is 4.98 Å². The maximum absolute atomic E-state index is 11.2. The highest BCUT2D eigenvalue weighted by Crippen LogP contribution is 2.29. The van der Waals surface area contributed by atoms with E-state index in [1.54, 1.807) is 34.9 Å². The first-order valence-electron chi connectivity index (χ1n) is 5.73. The smallest absolute Gasteiger partial charge is 0.249 e. The van der Waals surface area contributed by atoms with Crippen LogP contribution in [0.15, 0.2) is 42.6 Å². The number of hydrogen-bond acceptors (Lipinski definition) is 3. The maximum atomic E-state index is 11.2. The van der Waals surface area contributed by atoms with Crippen LogP contribution in [-0.4, -0.2) is 15.7 Å². The number of ether oxygens (including phenoxy) is 1. The van der Waals surface area contributed by atoms with Gasteiger partial charge in [-0.25, -0.2) is 0 Å². The van der Waals surface area contributed by atoms with Gasteiger partial charge in [-0.3, -0.25) is 9.20 Å². The Morgan fingerprint density at radius 3 is 2.60 bits per heavy atom. The van der Waals surface area contributed by atoms with Crippen molar-refractivity contribution in [1.29, 1.82) is 0 Å². The van der Waals surface area contributed by atoms with Crippen LogP contribution in [0.1, 0.15) is 10.5 Å². The standard InChI is InChI=1S/C14H8Cl2N2O2/c15-9-5-10(16)7-11(6-9)20-14-12(8-19)18-4-2-1-3-13(18)17-14/h1-8H. The van der Waals surface area contributed by atoms with Crippen molar-refractivity contribution in [3.8, 4) is 11.6 Å². The van der Waals surface area contributed by atoms with Gasteiger partial charge in [-0.15, -0.1) is 0 Å². The topological polar surface area (TPSA) is 43.6 Å². The van der Waals surface area contributed by atoms with Crippen LogP contribution in [-0.2, 0) is 0 Å². The quantitative estimate of drug-likeness (QED) is 0.680. The average molecular weight is 307 g/mol. The zero-order chi connectivity index (χ0) is 14.1. The Morgan fingerprint density at radius 2 is 1.90 bits per heavy atom. The molecule has 0 aliphatic carbocycles. The third-order valence-electron chi connectivity index (χ3n) is 2.70. The lowest BCUT2D eigenvalue weighted by Crippen LogP contribution is -1.92. The van der Waals surface area contributed by atoms with Gasteiger partial charge in [0.2, 0.25) is 5.88 Å². The summed E-state index contributed by atoms with van der Waals surface area (Å²) < 4.78 is 7.26. The van der Waals surface area contributed by atoms with Crippen LogP contribution in [0.4, 0.5) is 0 Å². The Morgan fingerprint density at radius 1 is 1.15 bits per heavy atom. The van der Waals surface area contributed by atoms with Crippen molar-refractivity contribution in [3.63, 3.8) is 0 Å². The van der Waals surface area contributed by atoms with Crippen molar-refractivity contribution in [2.45, 2.75) is 0 Å². The molecular formula is C14H8Cl2N2O2. The summed E-state index contributed by atoms with van der Waals surface area (Å²) in [6.45, 7) is 0. The van der Waals surface area contributed by atoms with E-state index in [1.165, 1.54) is 0 Å². The first kappa shape index (κ1) is 13.0. The Hall–Kier alpha value is -2.04. The van der Waals surface area contributed by atoms with Crippen LogP contribution in [0, 0.1) is 0 Å². The summed E-state index contributed by atoms with van der Waals surface area (Å²) in [7, 11) is 0. The molecule has 3 rings (SSSR count). The number of benzene rings is 1. The minimum atomic E-state index is 0.213. The van der Waals surface area contributed by atoms with Gasteiger partial charge < -0.3 is 4.74 Å². The van der Waals surface area contributed by atoms with E-state index >= 15 is 0 Å². The zero-order valence-electron chi connectivity index (χ0n) is 10.1. The van der Waals surface area contributed by atoms with Gasteiger partial charge in [0.15, 0.2) is 12.0 Å². The number of carbonyl (C=O) groups is 1. The van der Waals surface area contributed by atoms with Gasteiger partial charge in [0, 0.05) is 16.2 Å². The molecule has 0 fully saturated rings. The van der Waals surface area contributed by atoms with E-state index in [9.17, 15) is 4.79 Å². The molecule has 0 amide bonds. The first-order chi connectivity index (χ1) is 9.67. The van der Waals surface area contributed by atoms with Crippen LogP contribution in [0.3, 0.4) is 0 Å². The second kappa shape index (κ2) is 5.15. The zero-order valence-corrected chi connectivity index (χ0v) is 11.6. The van der Waals surface area contributed by atoms with Crippen LogP contribution >= 0.6 is 23.2 Å². The number of aldehydes is 1. The molecule has 0 saturated heterocycles. The lowest BCUT2D eigenvalue weighted by molar-refractivity contribution is 0.111. The van der Waals surface area contributed by atoms with Crippen molar-refractivity contribution < 1.29 is 9.53 Å². The molecule has 0 spiro atoms. The number of rotatable bonds is 3. The Bertz CT molecular complexity index is 779. The van der Waals surface area contributed by atoms with Gasteiger partial charge in [0.1, 0.15) is 11.4 Å². The third kappa shape index (κ3) is 2.35. The molecule has 0 saturated carbocycles. The molecule has 4 nitrogen and oxygen atoms in total. The molecule has 3 aromatic rings. The number of fused-ring (bicyclic) bond motifs is 1. The van der Waals surface area contributed by atoms with Crippen LogP contribution in [0.25, 0.3) is 5.65 Å². The highest BCUT2D eigenvalue weighted by molar-refractivity contribution is 6.34. The van der Waals surface area contributed by atoms with Crippen molar-refractivity contribution in [2.75, 3.05) is 0 Å². The summed E-state index contributed by atoms with van der Waals surface area (Å²) >= 11 is 11.8. The van der Waals surface area contributed by atoms with Crippen molar-refractivity contribution in [2.24, 2.45) is 0 Å². The second-order valence-electron chi connectivity index (χ2n) is 4.06. The molecule has 2 aromatic heterocycles. The molecule has 0 aliphatic rings. The molecule has 2 heterocycles. The minimum Gasteiger partial charge on any atom is -0.437 e. The molecule has 0 bridgehead atoms. The number of carbonyl (C=O) groups excluding carboxylic acids is 1. The molecule has 1 aromatic carbocycles. The molecule has 20 heavy (non-hydrogen) atoms. The molecule has 6 heteroatoms. The highest BCUT2D eigenvalue weighted by atomic mass is 35.5. The molecule has 100 valence electrons.